The van der Waals surface area contributed by atoms with E-state index >= 15 is 33.6 Å². The van der Waals surface area contributed by atoms with E-state index in [2.05, 4.69) is 5.32 Å². The van der Waals surface area contributed by atoms with Crippen molar-refractivity contribution >= 4 is 74.6 Å². The molecule has 0 saturated carbocycles. The second-order valence-corrected chi connectivity index (χ2v) is 31.7. The van der Waals surface area contributed by atoms with Gasteiger partial charge in [0.15, 0.2) is 11.6 Å². The molecular weight excluding hydrogens is 1240 g/mol. The van der Waals surface area contributed by atoms with Gasteiger partial charge in [-0.1, -0.05) is 116 Å². The maximum absolute atomic E-state index is 15.3. The van der Waals surface area contributed by atoms with Crippen LogP contribution in [-0.4, -0.2) is 264 Å². The van der Waals surface area contributed by atoms with Crippen molar-refractivity contribution in [1.29, 1.82) is 0 Å². The van der Waals surface area contributed by atoms with E-state index in [4.69, 9.17) is 0 Å². The number of allylic oxidation sites excluding steroid dienone is 2. The quantitative estimate of drug-likeness (QED) is 0.179. The highest BCUT2D eigenvalue weighted by Gasteiger charge is 2.47. The molecule has 14 atom stereocenters. The number of carbonyl (C=O) groups is 11. The first-order valence-electron chi connectivity index (χ1n) is 34.5. The number of sulfonamides is 1. The number of piperazine rings is 1. The van der Waals surface area contributed by atoms with Crippen molar-refractivity contribution in [3.8, 4) is 0 Å². The molecule has 0 bridgehead atoms. The van der Waals surface area contributed by atoms with Crippen LogP contribution >= 0.6 is 0 Å². The van der Waals surface area contributed by atoms with Gasteiger partial charge in [0, 0.05) is 119 Å². The number of amides is 8. The lowest BCUT2D eigenvalue weighted by Crippen LogP contribution is -2.63. The summed E-state index contributed by atoms with van der Waals surface area (Å²) in [5.41, 5.74) is 0. The average molecular weight is 1360 g/mol. The third-order valence-corrected chi connectivity index (χ3v) is 20.9. The third kappa shape index (κ3) is 23.2. The van der Waals surface area contributed by atoms with Gasteiger partial charge in [0.25, 0.3) is 0 Å². The number of hydrogen-bond acceptors (Lipinski definition) is 15. The van der Waals surface area contributed by atoms with Gasteiger partial charge in [-0.15, -0.1) is 0 Å². The molecule has 2 N–H and O–H groups in total. The SMILES string of the molecule is C/C=C/C[C@@H](C)[C@@H](O)[C@H]1C(=O)N[C@@H](CC)C(=O)N(C)[C@H](C)C(=O)N(C)C([C@@H](C)CN2CCN(S(C)(=O)=O)CC2)C(=O)C[C@@H](C(C)C)C(=O)N(C)[C@@H](CC(C)C)C(=O)C[C@@H](C)C(=O)C[C@H](C)C(=O)N(C)[C@@H](CC(C)C)C(=O)N(C)[C@@H](CC(C)C)C(=O)N(C)[C@@H](C(C)C)C(=O)N1C. The van der Waals surface area contributed by atoms with Gasteiger partial charge < -0.3 is 49.6 Å². The lowest BCUT2D eigenvalue weighted by Gasteiger charge is -2.41. The molecule has 2 aliphatic rings. The van der Waals surface area contributed by atoms with Crippen molar-refractivity contribution < 1.29 is 66.3 Å². The van der Waals surface area contributed by atoms with Gasteiger partial charge in [0.1, 0.15) is 42.0 Å². The number of nitrogens with one attached hydrogen (secondary N) is 1. The molecule has 0 aromatic carbocycles. The first-order valence-corrected chi connectivity index (χ1v) is 36.4. The summed E-state index contributed by atoms with van der Waals surface area (Å²) in [6.07, 6.45) is 3.13. The van der Waals surface area contributed by atoms with Crippen molar-refractivity contribution in [2.45, 2.75) is 224 Å². The summed E-state index contributed by atoms with van der Waals surface area (Å²) in [6.45, 7) is 31.3. The Hall–Kier alpha value is -5.66. The number of aliphatic hydroxyl groups excluding tert-OH is 1. The zero-order valence-corrected chi connectivity index (χ0v) is 63.3. The van der Waals surface area contributed by atoms with E-state index in [-0.39, 0.29) is 88.1 Å². The summed E-state index contributed by atoms with van der Waals surface area (Å²) in [6, 6.07) is -9.99. The Morgan fingerprint density at radius 1 is 0.505 bits per heavy atom. The second-order valence-electron chi connectivity index (χ2n) is 29.7. The number of Topliss-reactive ketones (excluding diaryl/α,β-unsaturated/α-hetero) is 3. The molecule has 2 fully saturated rings. The minimum atomic E-state index is -3.48. The van der Waals surface area contributed by atoms with Gasteiger partial charge in [0.05, 0.1) is 24.4 Å². The Morgan fingerprint density at radius 3 is 1.42 bits per heavy atom. The molecule has 24 nitrogen and oxygen atoms in total. The standard InChI is InChI=1S/C70H124N10O14S/c1-26-28-29-46(13)62(84)61-63(85)71-52(27-2)67(89)72(18)50(17)65(87)77(23)60(49(16)40-79-30-32-80(33-31-79)95(25,93)94)58(83)39-51(44(9)10)66(88)73(19)53(34-41(3)4)57(82)37-47(14)56(81)38-48(15)64(86)74(20)54(35-42(5)6)68(90)75(21)55(36-43(7)8)69(91)76(22)59(45(11)12)70(92)78(61)24/h26,28,41-55,59-62,84H,27,29-40H2,1-25H3,(H,71,85)/b28-26+/t46-,47-,48+,49+,50-,51+,52+,53+,54+,55+,59+,60?,61+,62-/m1/s1. The molecule has 25 heteroatoms. The Labute approximate surface area is 570 Å². The van der Waals surface area contributed by atoms with E-state index in [1.54, 1.807) is 81.4 Å². The lowest BCUT2D eigenvalue weighted by atomic mass is 9.83. The van der Waals surface area contributed by atoms with Crippen molar-refractivity contribution in [3.05, 3.63) is 12.2 Å². The van der Waals surface area contributed by atoms with Crippen LogP contribution in [0.4, 0.5) is 0 Å². The normalized spacial score (nSPS) is 28.2. The predicted molar refractivity (Wildman–Crippen MR) is 369 cm³/mol. The average Bonchev–Trinajstić information content (AvgIpc) is 0.815. The Balaban J connectivity index is 3.06. The van der Waals surface area contributed by atoms with Crippen LogP contribution < -0.4 is 5.32 Å². The van der Waals surface area contributed by atoms with Crippen molar-refractivity contribution in [2.24, 2.45) is 59.2 Å². The van der Waals surface area contributed by atoms with Gasteiger partial charge in [-0.2, -0.15) is 4.31 Å². The Kier molecular flexibility index (Phi) is 34.1. The zero-order valence-electron chi connectivity index (χ0n) is 62.5. The van der Waals surface area contributed by atoms with Crippen molar-refractivity contribution in [1.82, 2.24) is 48.8 Å². The molecule has 0 spiro atoms. The molecule has 2 heterocycles. The smallest absolute Gasteiger partial charge is 0.246 e. The van der Waals surface area contributed by atoms with Crippen LogP contribution in [0.1, 0.15) is 169 Å². The van der Waals surface area contributed by atoms with Crippen LogP contribution in [0.2, 0.25) is 0 Å². The maximum atomic E-state index is 15.3. The topological polar surface area (TPSA) is 283 Å². The molecule has 2 saturated heterocycles. The number of carbonyl (C=O) groups excluding carboxylic acids is 11. The number of aliphatic hydroxyl groups is 1. The highest BCUT2D eigenvalue weighted by Crippen LogP contribution is 2.30. The fourth-order valence-corrected chi connectivity index (χ4v) is 14.2. The van der Waals surface area contributed by atoms with E-state index < -0.39 is 165 Å². The van der Waals surface area contributed by atoms with E-state index in [9.17, 15) is 32.7 Å². The third-order valence-electron chi connectivity index (χ3n) is 19.6. The minimum absolute atomic E-state index is 0.0127. The van der Waals surface area contributed by atoms with Crippen molar-refractivity contribution in [2.75, 3.05) is 88.3 Å². The minimum Gasteiger partial charge on any atom is -0.390 e. The highest BCUT2D eigenvalue weighted by atomic mass is 32.2. The fourth-order valence-electron chi connectivity index (χ4n) is 13.4. The van der Waals surface area contributed by atoms with Gasteiger partial charge >= 0.3 is 0 Å². The molecule has 0 aromatic rings. The Bertz CT molecular complexity index is 2790. The molecule has 2 rings (SSSR count). The van der Waals surface area contributed by atoms with Crippen LogP contribution in [0.5, 0.6) is 0 Å². The van der Waals surface area contributed by atoms with E-state index in [1.807, 2.05) is 46.4 Å². The summed E-state index contributed by atoms with van der Waals surface area (Å²) < 4.78 is 26.3. The first-order chi connectivity index (χ1) is 43.8. The molecule has 544 valence electrons. The summed E-state index contributed by atoms with van der Waals surface area (Å²) in [4.78, 5) is 175. The number of rotatable bonds is 17. The first kappa shape index (κ1) is 85.4. The predicted octanol–water partition coefficient (Wildman–Crippen LogP) is 5.10. The van der Waals surface area contributed by atoms with Crippen LogP contribution in [0.25, 0.3) is 0 Å². The van der Waals surface area contributed by atoms with E-state index in [1.165, 1.54) is 85.1 Å². The molecule has 2 aliphatic heterocycles. The van der Waals surface area contributed by atoms with Gasteiger partial charge in [-0.3, -0.25) is 52.7 Å². The molecule has 0 radical (unpaired) electrons. The van der Waals surface area contributed by atoms with Crippen LogP contribution in [0.3, 0.4) is 0 Å². The fraction of sp³-hybridized carbons (Fsp3) is 0.814. The molecule has 95 heavy (non-hydrogen) atoms. The number of likely N-dealkylation sites (N-methyl/N-ethyl adjacent to an activating group) is 7. The summed E-state index contributed by atoms with van der Waals surface area (Å²) in [7, 11) is 6.63. The molecular formula is C70H124N10O14S. The summed E-state index contributed by atoms with van der Waals surface area (Å²) in [5.74, 6) is -12.0. The van der Waals surface area contributed by atoms with Gasteiger partial charge in [-0.05, 0) is 87.4 Å². The van der Waals surface area contributed by atoms with Crippen LogP contribution in [0.15, 0.2) is 12.2 Å². The number of hydrogen-bond donors (Lipinski definition) is 2. The van der Waals surface area contributed by atoms with E-state index in [0.29, 0.717) is 19.5 Å². The molecule has 0 aromatic heterocycles. The van der Waals surface area contributed by atoms with Crippen molar-refractivity contribution in [3.63, 3.8) is 0 Å². The maximum Gasteiger partial charge on any atom is 0.246 e. The largest absolute Gasteiger partial charge is 0.390 e. The van der Waals surface area contributed by atoms with E-state index in [0.717, 1.165) is 16.1 Å². The zero-order chi connectivity index (χ0) is 73.3. The Morgan fingerprint density at radius 2 is 0.958 bits per heavy atom. The summed E-state index contributed by atoms with van der Waals surface area (Å²) >= 11 is 0. The highest BCUT2D eigenvalue weighted by molar-refractivity contribution is 7.88. The second kappa shape index (κ2) is 37.9. The van der Waals surface area contributed by atoms with Crippen LogP contribution in [0, 0.1) is 59.2 Å². The van der Waals surface area contributed by atoms with Gasteiger partial charge in [-0.25, -0.2) is 8.42 Å². The van der Waals surface area contributed by atoms with Gasteiger partial charge in [0.2, 0.25) is 57.3 Å². The molecule has 0 aliphatic carbocycles. The molecule has 8 amide bonds. The number of ketones is 3. The summed E-state index contributed by atoms with van der Waals surface area (Å²) in [5, 5.41) is 15.0. The number of nitrogens with zero attached hydrogens (tertiary/aromatic N) is 9. The monoisotopic (exact) mass is 1360 g/mol. The van der Waals surface area contributed by atoms with Crippen LogP contribution in [-0.2, 0) is 62.8 Å². The molecule has 1 unspecified atom stereocenters. The lowest BCUT2D eigenvalue weighted by molar-refractivity contribution is -0.157.